The highest BCUT2D eigenvalue weighted by atomic mass is 16.6. The average molecular weight is 1150 g/mol. The van der Waals surface area contributed by atoms with Crippen molar-refractivity contribution in [2.75, 3.05) is 13.2 Å². The van der Waals surface area contributed by atoms with E-state index in [0.717, 1.165) is 128 Å². The Morgan fingerprint density at radius 2 is 0.494 bits per heavy atom. The van der Waals surface area contributed by atoms with Gasteiger partial charge in [0.1, 0.15) is 13.2 Å². The zero-order valence-corrected chi connectivity index (χ0v) is 53.9. The predicted octanol–water partition coefficient (Wildman–Crippen LogP) is 23.9. The van der Waals surface area contributed by atoms with Gasteiger partial charge in [-0.15, -0.1) is 0 Å². The highest BCUT2D eigenvalue weighted by Crippen LogP contribution is 2.17. The van der Waals surface area contributed by atoms with Crippen molar-refractivity contribution in [3.8, 4) is 0 Å². The summed E-state index contributed by atoms with van der Waals surface area (Å²) >= 11 is 0. The standard InChI is InChI=1S/C77H126O6/c1-4-7-10-13-16-19-22-25-27-29-31-33-34-35-36-37-38-39-40-41-42-44-45-47-49-52-55-58-61-64-67-70-76(79)82-73-74(72-81-75(78)69-66-63-60-57-54-51-24-21-18-15-12-9-6-3)83-77(80)71-68-65-62-59-56-53-50-48-46-43-32-30-28-26-23-20-17-14-11-8-5-2/h7,9-10,12,16,18-19,21,25,27,31,33,35-36,38-39,41-42,45,47,51,54,60,63,74H,4-6,8,11,13-15,17,20,22-24,26,28-30,32,34,37,40,43-44,46,48-50,52-53,55-59,61-62,64-73H2,1-3H3/b10-7-,12-9-,19-16-,21-18-,27-25-,33-31-,36-35-,39-38-,42-41-,47-45-,54-51-,63-60-. The normalized spacial score (nSPS) is 13.0. The van der Waals surface area contributed by atoms with Crippen LogP contribution in [0.4, 0.5) is 0 Å². The molecular weight excluding hydrogens is 1020 g/mol. The third kappa shape index (κ3) is 68.0. The molecule has 0 saturated carbocycles. The number of carbonyl (C=O) groups is 3. The fourth-order valence-corrected chi connectivity index (χ4v) is 9.30. The summed E-state index contributed by atoms with van der Waals surface area (Å²) in [6, 6.07) is 0. The Bertz CT molecular complexity index is 1800. The molecule has 0 aromatic carbocycles. The molecule has 0 saturated heterocycles. The van der Waals surface area contributed by atoms with Gasteiger partial charge in [0.2, 0.25) is 0 Å². The van der Waals surface area contributed by atoms with Gasteiger partial charge in [-0.1, -0.05) is 321 Å². The Labute approximate surface area is 512 Å². The second kappa shape index (κ2) is 69.8. The van der Waals surface area contributed by atoms with Crippen LogP contribution in [0.5, 0.6) is 0 Å². The van der Waals surface area contributed by atoms with E-state index < -0.39 is 6.10 Å². The largest absolute Gasteiger partial charge is 0.462 e. The van der Waals surface area contributed by atoms with Crippen LogP contribution in [0.1, 0.15) is 303 Å². The lowest BCUT2D eigenvalue weighted by molar-refractivity contribution is -0.166. The lowest BCUT2D eigenvalue weighted by Crippen LogP contribution is -2.30. The first kappa shape index (κ1) is 78.3. The molecule has 1 atom stereocenters. The first-order chi connectivity index (χ1) is 41.0. The van der Waals surface area contributed by atoms with Gasteiger partial charge in [-0.2, -0.15) is 0 Å². The molecule has 0 bridgehead atoms. The summed E-state index contributed by atoms with van der Waals surface area (Å²) in [6.45, 7) is 6.36. The van der Waals surface area contributed by atoms with Crippen molar-refractivity contribution in [2.45, 2.75) is 309 Å². The van der Waals surface area contributed by atoms with Crippen LogP contribution in [-0.4, -0.2) is 37.2 Å². The summed E-state index contributed by atoms with van der Waals surface area (Å²) in [4.78, 5) is 38.3. The maximum Gasteiger partial charge on any atom is 0.306 e. The van der Waals surface area contributed by atoms with E-state index in [0.29, 0.717) is 19.3 Å². The molecule has 0 amide bonds. The van der Waals surface area contributed by atoms with Gasteiger partial charge in [0.05, 0.1) is 0 Å². The first-order valence-electron chi connectivity index (χ1n) is 34.3. The maximum atomic E-state index is 12.9. The van der Waals surface area contributed by atoms with Crippen LogP contribution in [-0.2, 0) is 28.6 Å². The lowest BCUT2D eigenvalue weighted by Gasteiger charge is -2.18. The van der Waals surface area contributed by atoms with Crippen LogP contribution < -0.4 is 0 Å². The van der Waals surface area contributed by atoms with E-state index in [2.05, 4.69) is 161 Å². The Kier molecular flexibility index (Phi) is 65.8. The van der Waals surface area contributed by atoms with Crippen molar-refractivity contribution in [3.63, 3.8) is 0 Å². The van der Waals surface area contributed by atoms with Crippen LogP contribution >= 0.6 is 0 Å². The highest BCUT2D eigenvalue weighted by molar-refractivity contribution is 5.71. The fraction of sp³-hybridized carbons (Fsp3) is 0.649. The Morgan fingerprint density at radius 1 is 0.253 bits per heavy atom. The third-order valence-corrected chi connectivity index (χ3v) is 14.4. The van der Waals surface area contributed by atoms with Crippen LogP contribution in [0.3, 0.4) is 0 Å². The zero-order chi connectivity index (χ0) is 59.9. The lowest BCUT2D eigenvalue weighted by atomic mass is 10.0. The molecule has 0 aromatic heterocycles. The molecule has 83 heavy (non-hydrogen) atoms. The maximum absolute atomic E-state index is 12.9. The monoisotopic (exact) mass is 1150 g/mol. The summed E-state index contributed by atoms with van der Waals surface area (Å²) in [7, 11) is 0. The van der Waals surface area contributed by atoms with Crippen LogP contribution in [0.2, 0.25) is 0 Å². The molecule has 0 heterocycles. The first-order valence-corrected chi connectivity index (χ1v) is 34.3. The molecule has 1 unspecified atom stereocenters. The number of ether oxygens (including phenoxy) is 3. The second-order valence-corrected chi connectivity index (χ2v) is 22.3. The molecule has 0 aliphatic rings. The topological polar surface area (TPSA) is 78.9 Å². The number of carbonyl (C=O) groups excluding carboxylic acids is 3. The number of unbranched alkanes of at least 4 members (excludes halogenated alkanes) is 26. The molecule has 0 N–H and O–H groups in total. The molecule has 470 valence electrons. The van der Waals surface area contributed by atoms with Crippen LogP contribution in [0, 0.1) is 0 Å². The Morgan fingerprint density at radius 3 is 0.807 bits per heavy atom. The Balaban J connectivity index is 4.37. The smallest absolute Gasteiger partial charge is 0.306 e. The van der Waals surface area contributed by atoms with E-state index in [1.54, 1.807) is 0 Å². The summed E-state index contributed by atoms with van der Waals surface area (Å²) in [5.41, 5.74) is 0. The summed E-state index contributed by atoms with van der Waals surface area (Å²) in [6.07, 6.45) is 100. The molecule has 0 rings (SSSR count). The van der Waals surface area contributed by atoms with E-state index >= 15 is 0 Å². The molecule has 0 aliphatic carbocycles. The summed E-state index contributed by atoms with van der Waals surface area (Å²) in [5.74, 6) is -1.00. The van der Waals surface area contributed by atoms with Crippen molar-refractivity contribution in [1.29, 1.82) is 0 Å². The van der Waals surface area contributed by atoms with E-state index in [9.17, 15) is 14.4 Å². The van der Waals surface area contributed by atoms with Gasteiger partial charge < -0.3 is 14.2 Å². The SMILES string of the molecule is CC/C=C\C/C=C\C/C=C\C/C=C\C/C=C\C/C=C\C/C=C\C/C=C\CCCCCCCCC(=O)OCC(COC(=O)CC/C=C\C/C=C\C/C=C\C/C=C\CC)OC(=O)CCCCCCCCCCCCCCCCCCCCCCC. The van der Waals surface area contributed by atoms with Gasteiger partial charge in [0.15, 0.2) is 6.10 Å². The third-order valence-electron chi connectivity index (χ3n) is 14.4. The van der Waals surface area contributed by atoms with Crippen molar-refractivity contribution >= 4 is 17.9 Å². The molecule has 0 aliphatic heterocycles. The van der Waals surface area contributed by atoms with Gasteiger partial charge in [-0.25, -0.2) is 0 Å². The zero-order valence-electron chi connectivity index (χ0n) is 53.9. The van der Waals surface area contributed by atoms with Crippen molar-refractivity contribution in [2.24, 2.45) is 0 Å². The van der Waals surface area contributed by atoms with Crippen molar-refractivity contribution in [3.05, 3.63) is 146 Å². The van der Waals surface area contributed by atoms with E-state index in [1.165, 1.54) is 128 Å². The highest BCUT2D eigenvalue weighted by Gasteiger charge is 2.19. The predicted molar refractivity (Wildman–Crippen MR) is 362 cm³/mol. The minimum Gasteiger partial charge on any atom is -0.462 e. The number of hydrogen-bond acceptors (Lipinski definition) is 6. The van der Waals surface area contributed by atoms with Gasteiger partial charge >= 0.3 is 17.9 Å². The number of hydrogen-bond donors (Lipinski definition) is 0. The molecular formula is C77H126O6. The Hall–Kier alpha value is -4.71. The molecule has 6 heteroatoms. The summed E-state index contributed by atoms with van der Waals surface area (Å²) in [5, 5.41) is 0. The minimum atomic E-state index is -0.818. The number of esters is 3. The van der Waals surface area contributed by atoms with Gasteiger partial charge in [0.25, 0.3) is 0 Å². The van der Waals surface area contributed by atoms with Crippen molar-refractivity contribution < 1.29 is 28.6 Å². The fourth-order valence-electron chi connectivity index (χ4n) is 9.30. The molecule has 0 aromatic rings. The molecule has 6 nitrogen and oxygen atoms in total. The summed E-state index contributed by atoms with van der Waals surface area (Å²) < 4.78 is 16.9. The van der Waals surface area contributed by atoms with E-state index in [4.69, 9.17) is 14.2 Å². The van der Waals surface area contributed by atoms with Gasteiger partial charge in [-0.3, -0.25) is 14.4 Å². The van der Waals surface area contributed by atoms with Crippen LogP contribution in [0.15, 0.2) is 146 Å². The van der Waals surface area contributed by atoms with Gasteiger partial charge in [-0.05, 0) is 109 Å². The number of allylic oxidation sites excluding steroid dienone is 24. The molecule has 0 fully saturated rings. The molecule has 0 radical (unpaired) electrons. The van der Waals surface area contributed by atoms with E-state index in [-0.39, 0.29) is 37.5 Å². The number of rotatable bonds is 61. The van der Waals surface area contributed by atoms with Crippen molar-refractivity contribution in [1.82, 2.24) is 0 Å². The van der Waals surface area contributed by atoms with E-state index in [1.807, 2.05) is 6.08 Å². The van der Waals surface area contributed by atoms with Gasteiger partial charge in [0, 0.05) is 19.3 Å². The quantitative estimate of drug-likeness (QED) is 0.0261. The molecule has 0 spiro atoms. The average Bonchev–Trinajstić information content (AvgIpc) is 3.49. The minimum absolute atomic E-state index is 0.110. The second-order valence-electron chi connectivity index (χ2n) is 22.3. The van der Waals surface area contributed by atoms with Crippen LogP contribution in [0.25, 0.3) is 0 Å².